The summed E-state index contributed by atoms with van der Waals surface area (Å²) in [6.07, 6.45) is 4.60. The molecule has 19 heavy (non-hydrogen) atoms. The maximum absolute atomic E-state index is 11.8. The zero-order valence-corrected chi connectivity index (χ0v) is 11.7. The highest BCUT2D eigenvalue weighted by atomic mass is 16.5. The Balaban J connectivity index is 1.89. The van der Waals surface area contributed by atoms with Crippen molar-refractivity contribution in [1.82, 2.24) is 5.32 Å². The van der Waals surface area contributed by atoms with Crippen LogP contribution in [-0.4, -0.2) is 18.6 Å². The molecule has 0 aliphatic heterocycles. The molecule has 0 bridgehead atoms. The Morgan fingerprint density at radius 3 is 2.47 bits per heavy atom. The largest absolute Gasteiger partial charge is 0.483 e. The Bertz CT molecular complexity index is 442. The van der Waals surface area contributed by atoms with E-state index in [1.807, 2.05) is 26.0 Å². The van der Waals surface area contributed by atoms with Crippen molar-refractivity contribution in [2.24, 2.45) is 0 Å². The standard InChI is InChI=1S/C15H22N2O2/c1-10-7-12(16)8-11(2)15(10)19-9-14(18)17-13-5-3-4-6-13/h7-8,13H,3-6,9,16H2,1-2H3,(H,17,18). The topological polar surface area (TPSA) is 64.3 Å². The maximum atomic E-state index is 11.8. The molecule has 0 spiro atoms. The van der Waals surface area contributed by atoms with E-state index >= 15 is 0 Å². The summed E-state index contributed by atoms with van der Waals surface area (Å²) in [5, 5.41) is 3.01. The quantitative estimate of drug-likeness (QED) is 0.818. The summed E-state index contributed by atoms with van der Waals surface area (Å²) < 4.78 is 5.63. The van der Waals surface area contributed by atoms with Gasteiger partial charge in [-0.1, -0.05) is 12.8 Å². The number of hydrogen-bond acceptors (Lipinski definition) is 3. The van der Waals surface area contributed by atoms with Gasteiger partial charge in [-0.05, 0) is 49.9 Å². The minimum Gasteiger partial charge on any atom is -0.483 e. The molecule has 0 unspecified atom stereocenters. The summed E-state index contributed by atoms with van der Waals surface area (Å²) in [6.45, 7) is 3.95. The predicted octanol–water partition coefficient (Wildman–Crippen LogP) is 2.32. The molecule has 1 aromatic carbocycles. The average Bonchev–Trinajstić information content (AvgIpc) is 2.80. The Kier molecular flexibility index (Phi) is 4.30. The van der Waals surface area contributed by atoms with Gasteiger partial charge in [0.05, 0.1) is 0 Å². The van der Waals surface area contributed by atoms with Crippen molar-refractivity contribution in [3.05, 3.63) is 23.3 Å². The minimum atomic E-state index is -0.0393. The van der Waals surface area contributed by atoms with Crippen molar-refractivity contribution in [1.29, 1.82) is 0 Å². The lowest BCUT2D eigenvalue weighted by Gasteiger charge is -2.15. The molecule has 0 aromatic heterocycles. The molecule has 1 amide bonds. The van der Waals surface area contributed by atoms with Gasteiger partial charge >= 0.3 is 0 Å². The van der Waals surface area contributed by atoms with E-state index in [2.05, 4.69) is 5.32 Å². The number of ether oxygens (including phenoxy) is 1. The molecule has 2 rings (SSSR count). The Labute approximate surface area is 114 Å². The summed E-state index contributed by atoms with van der Waals surface area (Å²) in [5.41, 5.74) is 8.41. The summed E-state index contributed by atoms with van der Waals surface area (Å²) in [6, 6.07) is 4.05. The third kappa shape index (κ3) is 3.63. The van der Waals surface area contributed by atoms with Crippen molar-refractivity contribution in [2.75, 3.05) is 12.3 Å². The predicted molar refractivity (Wildman–Crippen MR) is 76.2 cm³/mol. The molecule has 1 aliphatic carbocycles. The molecule has 0 heterocycles. The molecule has 1 fully saturated rings. The van der Waals surface area contributed by atoms with Crippen molar-refractivity contribution < 1.29 is 9.53 Å². The number of anilines is 1. The number of rotatable bonds is 4. The molecule has 0 atom stereocenters. The average molecular weight is 262 g/mol. The van der Waals surface area contributed by atoms with E-state index < -0.39 is 0 Å². The number of nitrogens with two attached hydrogens (primary N) is 1. The summed E-state index contributed by atoms with van der Waals surface area (Å²) in [7, 11) is 0. The van der Waals surface area contributed by atoms with Gasteiger partial charge in [-0.25, -0.2) is 0 Å². The second kappa shape index (κ2) is 5.95. The molecule has 1 aliphatic rings. The molecular formula is C15H22N2O2. The number of carbonyl (C=O) groups excluding carboxylic acids is 1. The summed E-state index contributed by atoms with van der Waals surface area (Å²) in [5.74, 6) is 0.721. The summed E-state index contributed by atoms with van der Waals surface area (Å²) >= 11 is 0. The third-order valence-electron chi connectivity index (χ3n) is 3.55. The first kappa shape index (κ1) is 13.7. The van der Waals surface area contributed by atoms with E-state index in [0.717, 1.165) is 35.4 Å². The van der Waals surface area contributed by atoms with Crippen LogP contribution < -0.4 is 15.8 Å². The van der Waals surface area contributed by atoms with Crippen molar-refractivity contribution >= 4 is 11.6 Å². The molecule has 1 aromatic rings. The lowest BCUT2D eigenvalue weighted by molar-refractivity contribution is -0.123. The zero-order valence-electron chi connectivity index (χ0n) is 11.7. The smallest absolute Gasteiger partial charge is 0.258 e. The second-order valence-corrected chi connectivity index (χ2v) is 5.32. The summed E-state index contributed by atoms with van der Waals surface area (Å²) in [4.78, 5) is 11.8. The van der Waals surface area contributed by atoms with Crippen LogP contribution in [0.1, 0.15) is 36.8 Å². The SMILES string of the molecule is Cc1cc(N)cc(C)c1OCC(=O)NC1CCCC1. The van der Waals surface area contributed by atoms with Gasteiger partial charge < -0.3 is 15.8 Å². The van der Waals surface area contributed by atoms with Crippen LogP contribution in [0, 0.1) is 13.8 Å². The van der Waals surface area contributed by atoms with E-state index in [-0.39, 0.29) is 12.5 Å². The van der Waals surface area contributed by atoms with Gasteiger partial charge in [0.2, 0.25) is 0 Å². The van der Waals surface area contributed by atoms with Crippen molar-refractivity contribution in [2.45, 2.75) is 45.6 Å². The normalized spacial score (nSPS) is 15.5. The highest BCUT2D eigenvalue weighted by Crippen LogP contribution is 2.25. The molecule has 104 valence electrons. The fourth-order valence-electron chi connectivity index (χ4n) is 2.69. The van der Waals surface area contributed by atoms with Crippen molar-refractivity contribution in [3.8, 4) is 5.75 Å². The van der Waals surface area contributed by atoms with Crippen LogP contribution in [0.5, 0.6) is 5.75 Å². The van der Waals surface area contributed by atoms with Crippen LogP contribution in [0.2, 0.25) is 0 Å². The maximum Gasteiger partial charge on any atom is 0.258 e. The lowest BCUT2D eigenvalue weighted by Crippen LogP contribution is -2.36. The molecule has 1 saturated carbocycles. The van der Waals surface area contributed by atoms with Crippen LogP contribution in [0.3, 0.4) is 0 Å². The third-order valence-corrected chi connectivity index (χ3v) is 3.55. The number of hydrogen-bond donors (Lipinski definition) is 2. The molecule has 4 nitrogen and oxygen atoms in total. The van der Waals surface area contributed by atoms with Gasteiger partial charge in [0, 0.05) is 11.7 Å². The molecule has 4 heteroatoms. The highest BCUT2D eigenvalue weighted by Gasteiger charge is 2.17. The molecule has 3 N–H and O–H groups in total. The van der Waals surface area contributed by atoms with Gasteiger partial charge in [0.25, 0.3) is 5.91 Å². The fraction of sp³-hybridized carbons (Fsp3) is 0.533. The first-order chi connectivity index (χ1) is 9.06. The Hall–Kier alpha value is -1.71. The van der Waals surface area contributed by atoms with Gasteiger partial charge in [-0.15, -0.1) is 0 Å². The van der Waals surface area contributed by atoms with Crippen LogP contribution in [0.25, 0.3) is 0 Å². The first-order valence-electron chi connectivity index (χ1n) is 6.85. The lowest BCUT2D eigenvalue weighted by atomic mass is 10.1. The van der Waals surface area contributed by atoms with Crippen LogP contribution in [0.4, 0.5) is 5.69 Å². The molecule has 0 saturated heterocycles. The fourth-order valence-corrected chi connectivity index (χ4v) is 2.69. The molecule has 0 radical (unpaired) electrons. The van der Waals surface area contributed by atoms with Gasteiger partial charge in [0.15, 0.2) is 6.61 Å². The van der Waals surface area contributed by atoms with E-state index in [4.69, 9.17) is 10.5 Å². The van der Waals surface area contributed by atoms with Gasteiger partial charge in [-0.3, -0.25) is 4.79 Å². The van der Waals surface area contributed by atoms with Crippen LogP contribution in [0.15, 0.2) is 12.1 Å². The van der Waals surface area contributed by atoms with E-state index in [0.29, 0.717) is 6.04 Å². The number of aryl methyl sites for hydroxylation is 2. The van der Waals surface area contributed by atoms with Crippen molar-refractivity contribution in [3.63, 3.8) is 0 Å². The number of nitrogen functional groups attached to an aromatic ring is 1. The van der Waals surface area contributed by atoms with Crippen LogP contribution >= 0.6 is 0 Å². The number of nitrogens with one attached hydrogen (secondary N) is 1. The second-order valence-electron chi connectivity index (χ2n) is 5.32. The minimum absolute atomic E-state index is 0.0393. The number of carbonyl (C=O) groups is 1. The van der Waals surface area contributed by atoms with E-state index in [1.54, 1.807) is 0 Å². The van der Waals surface area contributed by atoms with E-state index in [1.165, 1.54) is 12.8 Å². The van der Waals surface area contributed by atoms with Gasteiger partial charge in [0.1, 0.15) is 5.75 Å². The number of amides is 1. The first-order valence-corrected chi connectivity index (χ1v) is 6.85. The zero-order chi connectivity index (χ0) is 13.8. The monoisotopic (exact) mass is 262 g/mol. The molecular weight excluding hydrogens is 240 g/mol. The van der Waals surface area contributed by atoms with Gasteiger partial charge in [-0.2, -0.15) is 0 Å². The number of benzene rings is 1. The Morgan fingerprint density at radius 2 is 1.89 bits per heavy atom. The Morgan fingerprint density at radius 1 is 1.32 bits per heavy atom. The van der Waals surface area contributed by atoms with E-state index in [9.17, 15) is 4.79 Å². The highest BCUT2D eigenvalue weighted by molar-refractivity contribution is 5.78. The van der Waals surface area contributed by atoms with Crippen LogP contribution in [-0.2, 0) is 4.79 Å².